The van der Waals surface area contributed by atoms with Crippen LogP contribution in [0.2, 0.25) is 0 Å². The Morgan fingerprint density at radius 2 is 0.833 bits per heavy atom. The highest BCUT2D eigenvalue weighted by atomic mass is 32.2. The van der Waals surface area contributed by atoms with Crippen molar-refractivity contribution in [3.8, 4) is 0 Å². The molecule has 0 saturated carbocycles. The maximum atomic E-state index is 5.55. The molecule has 12 heteroatoms. The molecule has 0 N–H and O–H groups in total. The zero-order valence-electron chi connectivity index (χ0n) is 15.9. The van der Waals surface area contributed by atoms with E-state index in [2.05, 4.69) is 24.7 Å². The number of hydrogen-bond acceptors (Lipinski definition) is 12. The van der Waals surface area contributed by atoms with Crippen LogP contribution in [0.5, 0.6) is 0 Å². The lowest BCUT2D eigenvalue weighted by molar-refractivity contribution is 0.0949. The van der Waals surface area contributed by atoms with Crippen molar-refractivity contribution in [3.63, 3.8) is 0 Å². The van der Waals surface area contributed by atoms with E-state index >= 15 is 0 Å². The van der Waals surface area contributed by atoms with Gasteiger partial charge in [0.1, 0.15) is 26.4 Å². The third-order valence-electron chi connectivity index (χ3n) is 3.68. The van der Waals surface area contributed by atoms with Crippen LogP contribution in [-0.2, 0) is 18.9 Å². The highest BCUT2D eigenvalue weighted by molar-refractivity contribution is 8.34. The molecule has 0 aromatic heterocycles. The minimum Gasteiger partial charge on any atom is -0.480 e. The molecule has 0 atom stereocenters. The van der Waals surface area contributed by atoms with Crippen LogP contribution >= 0.6 is 94.1 Å². The maximum absolute atomic E-state index is 5.55. The largest absolute Gasteiger partial charge is 0.480 e. The minimum atomic E-state index is 0.673. The Balaban J connectivity index is 0.000000128. The molecule has 0 bridgehead atoms. The van der Waals surface area contributed by atoms with E-state index in [9.17, 15) is 0 Å². The van der Waals surface area contributed by atoms with Gasteiger partial charge in [-0.25, -0.2) is 0 Å². The SMILES string of the molecule is CC1=CSC(=C2SC3=C(OCCO3)S2)S1.CC1=CSC(=C2SC3=C(OCCO3)S2)S1. The Morgan fingerprint density at radius 3 is 1.10 bits per heavy atom. The monoisotopic (exact) mass is 552 g/mol. The number of ether oxygens (including phenoxy) is 4. The van der Waals surface area contributed by atoms with Gasteiger partial charge in [-0.1, -0.05) is 47.0 Å². The van der Waals surface area contributed by atoms with Gasteiger partial charge in [0.2, 0.25) is 20.4 Å². The van der Waals surface area contributed by atoms with Crippen molar-refractivity contribution in [3.05, 3.63) is 57.9 Å². The van der Waals surface area contributed by atoms with Gasteiger partial charge >= 0.3 is 0 Å². The van der Waals surface area contributed by atoms with E-state index < -0.39 is 0 Å². The first-order valence-corrected chi connectivity index (χ1v) is 15.5. The van der Waals surface area contributed by atoms with E-state index in [1.165, 1.54) is 26.8 Å². The Bertz CT molecular complexity index is 830. The Morgan fingerprint density at radius 1 is 0.500 bits per heavy atom. The van der Waals surface area contributed by atoms with Crippen molar-refractivity contribution in [1.82, 2.24) is 0 Å². The second-order valence-electron chi connectivity index (χ2n) is 6.00. The summed E-state index contributed by atoms with van der Waals surface area (Å²) >= 11 is 14.0. The summed E-state index contributed by atoms with van der Waals surface area (Å²) in [6, 6.07) is 0. The van der Waals surface area contributed by atoms with Gasteiger partial charge in [0, 0.05) is 0 Å². The van der Waals surface area contributed by atoms with E-state index in [1.54, 1.807) is 70.6 Å². The first-order valence-electron chi connectivity index (χ1n) is 8.88. The summed E-state index contributed by atoms with van der Waals surface area (Å²) in [6.45, 7) is 6.96. The maximum Gasteiger partial charge on any atom is 0.208 e. The van der Waals surface area contributed by atoms with Gasteiger partial charge in [-0.05, 0) is 81.5 Å². The number of hydrogen-bond donors (Lipinski definition) is 0. The van der Waals surface area contributed by atoms with Crippen molar-refractivity contribution in [2.75, 3.05) is 26.4 Å². The molecule has 6 aliphatic heterocycles. The number of thioether (sulfide) groups is 8. The highest BCUT2D eigenvalue weighted by Gasteiger charge is 2.31. The fourth-order valence-corrected chi connectivity index (χ4v) is 12.0. The molecule has 6 aliphatic rings. The fourth-order valence-electron chi connectivity index (χ4n) is 2.44. The van der Waals surface area contributed by atoms with Gasteiger partial charge in [-0.3, -0.25) is 0 Å². The van der Waals surface area contributed by atoms with Crippen molar-refractivity contribution in [2.45, 2.75) is 13.8 Å². The molecule has 0 radical (unpaired) electrons. The lowest BCUT2D eigenvalue weighted by atomic mass is 10.7. The zero-order valence-corrected chi connectivity index (χ0v) is 22.4. The molecule has 0 aromatic carbocycles. The quantitative estimate of drug-likeness (QED) is 0.290. The summed E-state index contributed by atoms with van der Waals surface area (Å²) in [5.41, 5.74) is 0. The van der Waals surface area contributed by atoms with Gasteiger partial charge in [-0.2, -0.15) is 0 Å². The third kappa shape index (κ3) is 5.16. The average molecular weight is 553 g/mol. The minimum absolute atomic E-state index is 0.673. The summed E-state index contributed by atoms with van der Waals surface area (Å²) in [6.07, 6.45) is 0. The molecule has 0 fully saturated rings. The summed E-state index contributed by atoms with van der Waals surface area (Å²) in [5, 5.41) is 8.15. The zero-order chi connectivity index (χ0) is 20.5. The molecule has 0 saturated heterocycles. The molecule has 0 spiro atoms. The summed E-state index contributed by atoms with van der Waals surface area (Å²) in [4.78, 5) is 2.71. The summed E-state index contributed by atoms with van der Waals surface area (Å²) in [5.74, 6) is 0. The van der Waals surface area contributed by atoms with Crippen LogP contribution < -0.4 is 0 Å². The molecule has 0 aliphatic carbocycles. The van der Waals surface area contributed by atoms with Crippen molar-refractivity contribution in [2.24, 2.45) is 0 Å². The van der Waals surface area contributed by atoms with Gasteiger partial charge < -0.3 is 18.9 Å². The first-order chi connectivity index (χ1) is 14.7. The lowest BCUT2D eigenvalue weighted by Gasteiger charge is -2.13. The van der Waals surface area contributed by atoms with Crippen LogP contribution in [0.4, 0.5) is 0 Å². The lowest BCUT2D eigenvalue weighted by Crippen LogP contribution is -2.08. The smallest absolute Gasteiger partial charge is 0.208 e. The Kier molecular flexibility index (Phi) is 7.52. The molecule has 0 amide bonds. The molecule has 30 heavy (non-hydrogen) atoms. The van der Waals surface area contributed by atoms with Crippen molar-refractivity contribution < 1.29 is 18.9 Å². The van der Waals surface area contributed by atoms with Crippen LogP contribution in [0, 0.1) is 0 Å². The number of allylic oxidation sites excluding steroid dienone is 2. The molecule has 6 heterocycles. The second kappa shape index (κ2) is 10.1. The second-order valence-corrected chi connectivity index (χ2v) is 15.2. The van der Waals surface area contributed by atoms with Crippen LogP contribution in [0.25, 0.3) is 0 Å². The van der Waals surface area contributed by atoms with Crippen LogP contribution in [0.15, 0.2) is 57.9 Å². The standard InChI is InChI=1S/2C9H8O2S4/c2*1-5-4-12-8(13-5)9-14-6-7(15-9)11-3-2-10-6/h2*4H,2-3H2,1H3. The summed E-state index contributed by atoms with van der Waals surface area (Å²) in [7, 11) is 0. The van der Waals surface area contributed by atoms with E-state index in [-0.39, 0.29) is 0 Å². The number of rotatable bonds is 0. The van der Waals surface area contributed by atoms with Crippen molar-refractivity contribution in [1.29, 1.82) is 0 Å². The highest BCUT2D eigenvalue weighted by Crippen LogP contribution is 2.59. The molecular weight excluding hydrogens is 537 g/mol. The third-order valence-corrected chi connectivity index (χ3v) is 14.3. The molecular formula is C18H16O4S8. The van der Waals surface area contributed by atoms with E-state index in [4.69, 9.17) is 18.9 Å². The molecule has 0 aromatic rings. The van der Waals surface area contributed by atoms with E-state index in [1.807, 2.05) is 23.5 Å². The van der Waals surface area contributed by atoms with E-state index in [0.717, 1.165) is 20.4 Å². The van der Waals surface area contributed by atoms with Gasteiger partial charge in [0.05, 0.1) is 16.9 Å². The van der Waals surface area contributed by atoms with Gasteiger partial charge in [0.25, 0.3) is 0 Å². The van der Waals surface area contributed by atoms with Gasteiger partial charge in [-0.15, -0.1) is 0 Å². The normalized spacial score (nSPS) is 25.0. The van der Waals surface area contributed by atoms with Gasteiger partial charge in [0.15, 0.2) is 0 Å². The molecule has 0 unspecified atom stereocenters. The Hall–Kier alpha value is 0.440. The predicted molar refractivity (Wildman–Crippen MR) is 140 cm³/mol. The molecule has 4 nitrogen and oxygen atoms in total. The molecule has 6 rings (SSSR count). The van der Waals surface area contributed by atoms with Crippen LogP contribution in [-0.4, -0.2) is 26.4 Å². The molecule has 160 valence electrons. The Labute approximate surface area is 209 Å². The summed E-state index contributed by atoms with van der Waals surface area (Å²) < 4.78 is 27.5. The first kappa shape index (κ1) is 22.2. The topological polar surface area (TPSA) is 36.9 Å². The van der Waals surface area contributed by atoms with E-state index in [0.29, 0.717) is 26.4 Å². The van der Waals surface area contributed by atoms with Crippen LogP contribution in [0.1, 0.15) is 13.8 Å². The van der Waals surface area contributed by atoms with Crippen LogP contribution in [0.3, 0.4) is 0 Å². The van der Waals surface area contributed by atoms with Crippen molar-refractivity contribution >= 4 is 94.1 Å². The predicted octanol–water partition coefficient (Wildman–Crippen LogP) is 8.22. The average Bonchev–Trinajstić information content (AvgIpc) is 3.53. The fraction of sp³-hybridized carbons (Fsp3) is 0.333.